The lowest BCUT2D eigenvalue weighted by Gasteiger charge is -2.24. The van der Waals surface area contributed by atoms with Gasteiger partial charge in [0.2, 0.25) is 5.91 Å². The smallest absolute Gasteiger partial charge is 0.307 e. The molecule has 1 unspecified atom stereocenters. The Hall–Kier alpha value is -2.26. The number of thiophene rings is 1. The average Bonchev–Trinajstić information content (AvgIpc) is 3.14. The molecule has 9 heteroatoms. The van der Waals surface area contributed by atoms with Crippen molar-refractivity contribution in [3.8, 4) is 0 Å². The van der Waals surface area contributed by atoms with Crippen LogP contribution in [0.4, 0.5) is 5.69 Å². The topological polar surface area (TPSA) is 110 Å². The third-order valence-corrected chi connectivity index (χ3v) is 3.99. The summed E-state index contributed by atoms with van der Waals surface area (Å²) in [5, 5.41) is 30.8. The zero-order valence-corrected chi connectivity index (χ0v) is 12.9. The van der Waals surface area contributed by atoms with Crippen LogP contribution in [0.3, 0.4) is 0 Å². The zero-order valence-electron chi connectivity index (χ0n) is 12.1. The van der Waals surface area contributed by atoms with Gasteiger partial charge in [-0.2, -0.15) is 16.4 Å². The van der Waals surface area contributed by atoms with E-state index in [-0.39, 0.29) is 18.1 Å². The summed E-state index contributed by atoms with van der Waals surface area (Å²) in [5.41, 5.74) is -0.556. The highest BCUT2D eigenvalue weighted by molar-refractivity contribution is 7.07. The van der Waals surface area contributed by atoms with Crippen LogP contribution in [0.1, 0.15) is 25.5 Å². The number of nitrogens with one attached hydrogen (secondary N) is 1. The minimum absolute atomic E-state index is 0.0579. The molecule has 0 saturated carbocycles. The lowest BCUT2D eigenvalue weighted by atomic mass is 10.0. The molecule has 2 N–H and O–H groups in total. The minimum Gasteiger partial charge on any atom is -0.387 e. The number of aromatic nitrogens is 2. The van der Waals surface area contributed by atoms with Crippen LogP contribution in [0.5, 0.6) is 0 Å². The SMILES string of the molecule is CC(C)(C(=O)NCC(O)c1ccsc1)n1cc([N+](=O)[O-])cn1. The van der Waals surface area contributed by atoms with Gasteiger partial charge in [0.15, 0.2) is 0 Å². The van der Waals surface area contributed by atoms with E-state index in [0.717, 1.165) is 11.8 Å². The summed E-state index contributed by atoms with van der Waals surface area (Å²) in [6.45, 7) is 3.24. The number of hydrogen-bond donors (Lipinski definition) is 2. The van der Waals surface area contributed by atoms with E-state index >= 15 is 0 Å². The van der Waals surface area contributed by atoms with Crippen molar-refractivity contribution in [3.63, 3.8) is 0 Å². The van der Waals surface area contributed by atoms with Crippen molar-refractivity contribution in [2.45, 2.75) is 25.5 Å². The van der Waals surface area contributed by atoms with Gasteiger partial charge >= 0.3 is 5.69 Å². The Morgan fingerprint density at radius 2 is 2.36 bits per heavy atom. The van der Waals surface area contributed by atoms with Gasteiger partial charge in [0.05, 0.1) is 11.0 Å². The van der Waals surface area contributed by atoms with Crippen molar-refractivity contribution in [1.29, 1.82) is 0 Å². The first kappa shape index (κ1) is 16.1. The van der Waals surface area contributed by atoms with Crippen molar-refractivity contribution in [3.05, 3.63) is 44.9 Å². The van der Waals surface area contributed by atoms with Gasteiger partial charge in [-0.15, -0.1) is 0 Å². The van der Waals surface area contributed by atoms with Crippen LogP contribution in [0, 0.1) is 10.1 Å². The fourth-order valence-corrected chi connectivity index (χ4v) is 2.51. The van der Waals surface area contributed by atoms with Gasteiger partial charge in [-0.1, -0.05) is 0 Å². The fourth-order valence-electron chi connectivity index (χ4n) is 1.81. The van der Waals surface area contributed by atoms with E-state index < -0.39 is 16.6 Å². The Morgan fingerprint density at radius 1 is 1.64 bits per heavy atom. The second-order valence-corrected chi connectivity index (χ2v) is 6.02. The van der Waals surface area contributed by atoms with Crippen LogP contribution in [0.2, 0.25) is 0 Å². The Bertz CT molecular complexity index is 665. The zero-order chi connectivity index (χ0) is 16.3. The number of rotatable bonds is 6. The Balaban J connectivity index is 2.02. The summed E-state index contributed by atoms with van der Waals surface area (Å²) < 4.78 is 1.23. The molecule has 2 aromatic rings. The highest BCUT2D eigenvalue weighted by Crippen LogP contribution is 2.19. The third kappa shape index (κ3) is 3.31. The van der Waals surface area contributed by atoms with Gasteiger partial charge in [0.1, 0.15) is 17.9 Å². The Morgan fingerprint density at radius 3 is 2.91 bits per heavy atom. The van der Waals surface area contributed by atoms with Crippen molar-refractivity contribution in [2.75, 3.05) is 6.54 Å². The number of carbonyl (C=O) groups is 1. The summed E-state index contributed by atoms with van der Waals surface area (Å²) in [4.78, 5) is 22.4. The van der Waals surface area contributed by atoms with E-state index in [1.807, 2.05) is 5.38 Å². The molecule has 1 atom stereocenters. The molecule has 0 spiro atoms. The molecule has 2 rings (SSSR count). The molecule has 8 nitrogen and oxygen atoms in total. The van der Waals surface area contributed by atoms with E-state index in [1.165, 1.54) is 22.2 Å². The van der Waals surface area contributed by atoms with Crippen molar-refractivity contribution in [1.82, 2.24) is 15.1 Å². The fraction of sp³-hybridized carbons (Fsp3) is 0.385. The first-order valence-electron chi connectivity index (χ1n) is 6.50. The predicted octanol–water partition coefficient (Wildman–Crippen LogP) is 1.44. The normalized spacial score (nSPS) is 12.9. The monoisotopic (exact) mass is 324 g/mol. The first-order valence-corrected chi connectivity index (χ1v) is 7.44. The Labute approximate surface area is 130 Å². The summed E-state index contributed by atoms with van der Waals surface area (Å²) in [5.74, 6) is -0.389. The van der Waals surface area contributed by atoms with Gasteiger partial charge in [-0.05, 0) is 36.2 Å². The average molecular weight is 324 g/mol. The molecule has 0 aliphatic heterocycles. The van der Waals surface area contributed by atoms with Gasteiger partial charge in [0.25, 0.3) is 0 Å². The van der Waals surface area contributed by atoms with Crippen LogP contribution in [-0.2, 0) is 10.3 Å². The molecule has 2 aromatic heterocycles. The van der Waals surface area contributed by atoms with Gasteiger partial charge in [0, 0.05) is 6.54 Å². The number of carbonyl (C=O) groups excluding carboxylic acids is 1. The molecule has 118 valence electrons. The van der Waals surface area contributed by atoms with E-state index in [1.54, 1.807) is 25.3 Å². The quantitative estimate of drug-likeness (QED) is 0.617. The molecule has 0 fully saturated rings. The van der Waals surface area contributed by atoms with Gasteiger partial charge in [-0.3, -0.25) is 19.6 Å². The van der Waals surface area contributed by atoms with Crippen LogP contribution in [0.25, 0.3) is 0 Å². The van der Waals surface area contributed by atoms with Crippen molar-refractivity contribution >= 4 is 22.9 Å². The molecule has 2 heterocycles. The number of amides is 1. The molecule has 22 heavy (non-hydrogen) atoms. The van der Waals surface area contributed by atoms with Crippen molar-refractivity contribution in [2.24, 2.45) is 0 Å². The highest BCUT2D eigenvalue weighted by Gasteiger charge is 2.32. The molecule has 1 amide bonds. The highest BCUT2D eigenvalue weighted by atomic mass is 32.1. The maximum Gasteiger partial charge on any atom is 0.307 e. The maximum atomic E-state index is 12.3. The number of nitrogens with zero attached hydrogens (tertiary/aromatic N) is 3. The number of nitro groups is 1. The standard InChI is InChI=1S/C13H16N4O4S/c1-13(2,16-7-10(5-15-16)17(20)21)12(19)14-6-11(18)9-3-4-22-8-9/h3-5,7-8,11,18H,6H2,1-2H3,(H,14,19). The van der Waals surface area contributed by atoms with Crippen molar-refractivity contribution < 1.29 is 14.8 Å². The second kappa shape index (κ2) is 6.24. The number of aliphatic hydroxyl groups excluding tert-OH is 1. The largest absolute Gasteiger partial charge is 0.387 e. The molecule has 0 aliphatic rings. The lowest BCUT2D eigenvalue weighted by molar-refractivity contribution is -0.385. The molecular weight excluding hydrogens is 308 g/mol. The van der Waals surface area contributed by atoms with E-state index in [9.17, 15) is 20.0 Å². The van der Waals surface area contributed by atoms with E-state index in [0.29, 0.717) is 0 Å². The number of hydrogen-bond acceptors (Lipinski definition) is 6. The lowest BCUT2D eigenvalue weighted by Crippen LogP contribution is -2.45. The number of aliphatic hydroxyl groups is 1. The van der Waals surface area contributed by atoms with E-state index in [4.69, 9.17) is 0 Å². The molecule has 0 bridgehead atoms. The minimum atomic E-state index is -1.11. The van der Waals surface area contributed by atoms with Gasteiger partial charge in [-0.25, -0.2) is 0 Å². The molecule has 0 saturated heterocycles. The van der Waals surface area contributed by atoms with Crippen LogP contribution in [-0.4, -0.2) is 32.3 Å². The van der Waals surface area contributed by atoms with Crippen LogP contribution >= 0.6 is 11.3 Å². The van der Waals surface area contributed by atoms with Crippen LogP contribution < -0.4 is 5.32 Å². The maximum absolute atomic E-state index is 12.3. The summed E-state index contributed by atoms with van der Waals surface area (Å²) >= 11 is 1.46. The third-order valence-electron chi connectivity index (χ3n) is 3.29. The molecular formula is C13H16N4O4S. The van der Waals surface area contributed by atoms with E-state index in [2.05, 4.69) is 10.4 Å². The van der Waals surface area contributed by atoms with Gasteiger partial charge < -0.3 is 10.4 Å². The predicted molar refractivity (Wildman–Crippen MR) is 80.5 cm³/mol. The summed E-state index contributed by atoms with van der Waals surface area (Å²) in [6, 6.07) is 1.78. The second-order valence-electron chi connectivity index (χ2n) is 5.24. The summed E-state index contributed by atoms with van der Waals surface area (Å²) in [6.07, 6.45) is 1.50. The molecule has 0 radical (unpaired) electrons. The Kier molecular flexibility index (Phi) is 4.57. The molecule has 0 aromatic carbocycles. The van der Waals surface area contributed by atoms with Crippen LogP contribution in [0.15, 0.2) is 29.2 Å². The first-order chi connectivity index (χ1) is 10.3. The molecule has 0 aliphatic carbocycles. The summed E-state index contributed by atoms with van der Waals surface area (Å²) in [7, 11) is 0.